The number of esters is 2. The molecular formula is C37H66N6O5. The smallest absolute Gasteiger partial charge is 0.323 e. The van der Waals surface area contributed by atoms with Crippen molar-refractivity contribution in [2.24, 2.45) is 17.6 Å². The van der Waals surface area contributed by atoms with E-state index in [2.05, 4.69) is 21.9 Å². The molecule has 5 N–H and O–H groups in total. The van der Waals surface area contributed by atoms with Gasteiger partial charge in [0.25, 0.3) is 5.56 Å². The van der Waals surface area contributed by atoms with Gasteiger partial charge in [-0.3, -0.25) is 19.4 Å². The van der Waals surface area contributed by atoms with Crippen molar-refractivity contribution in [3.63, 3.8) is 0 Å². The minimum Gasteiger partial charge on any atom is -0.465 e. The molecule has 2 rings (SSSR count). The van der Waals surface area contributed by atoms with E-state index in [1.54, 1.807) is 4.57 Å². The van der Waals surface area contributed by atoms with E-state index in [1.165, 1.54) is 109 Å². The molecule has 0 radical (unpaired) electrons. The molecule has 2 heterocycles. The van der Waals surface area contributed by atoms with Crippen LogP contribution in [0.5, 0.6) is 0 Å². The number of carbonyl (C=O) groups is 2. The van der Waals surface area contributed by atoms with Crippen LogP contribution in [0.15, 0.2) is 11.1 Å². The number of carbonyl (C=O) groups excluding carboxylic acids is 2. The third-order valence-electron chi connectivity index (χ3n) is 9.19. The van der Waals surface area contributed by atoms with Gasteiger partial charge in [-0.05, 0) is 18.8 Å². The van der Waals surface area contributed by atoms with Crippen LogP contribution in [0.3, 0.4) is 0 Å². The fourth-order valence-corrected chi connectivity index (χ4v) is 5.87. The Hall–Kier alpha value is -2.95. The van der Waals surface area contributed by atoms with Crippen LogP contribution < -0.4 is 17.0 Å². The molecule has 11 nitrogen and oxygen atoms in total. The summed E-state index contributed by atoms with van der Waals surface area (Å²) < 4.78 is 12.8. The number of aromatic nitrogens is 4. The van der Waals surface area contributed by atoms with Crippen molar-refractivity contribution in [2.75, 3.05) is 18.9 Å². The molecule has 0 aliphatic rings. The molecule has 0 aliphatic carbocycles. The number of unbranched alkanes of at least 4 members (excludes halogenated alkanes) is 18. The van der Waals surface area contributed by atoms with Crippen LogP contribution in [0.2, 0.25) is 0 Å². The number of nitrogens with zero attached hydrogens (tertiary/aromatic N) is 3. The number of aromatic amines is 1. The zero-order valence-electron chi connectivity index (χ0n) is 30.3. The molecule has 0 amide bonds. The number of H-pyrrole nitrogens is 1. The molecule has 2 atom stereocenters. The fraction of sp³-hybridized carbons (Fsp3) is 0.811. The van der Waals surface area contributed by atoms with Crippen molar-refractivity contribution >= 4 is 29.1 Å². The molecule has 0 aliphatic heterocycles. The number of hydrogen-bond acceptors (Lipinski definition) is 9. The summed E-state index contributed by atoms with van der Waals surface area (Å²) in [7, 11) is 0. The van der Waals surface area contributed by atoms with Crippen LogP contribution in [0, 0.1) is 11.8 Å². The second-order valence-electron chi connectivity index (χ2n) is 13.9. The van der Waals surface area contributed by atoms with Gasteiger partial charge in [0.05, 0.1) is 19.5 Å². The summed E-state index contributed by atoms with van der Waals surface area (Å²) in [5.74, 6) is -1.04. The lowest BCUT2D eigenvalue weighted by Crippen LogP contribution is -2.38. The summed E-state index contributed by atoms with van der Waals surface area (Å²) in [5.41, 5.74) is 11.8. The number of rotatable bonds is 29. The number of nitrogens with two attached hydrogens (primary N) is 2. The number of nitrogen functional groups attached to an aromatic ring is 1. The van der Waals surface area contributed by atoms with Crippen molar-refractivity contribution < 1.29 is 19.1 Å². The molecule has 2 aromatic rings. The van der Waals surface area contributed by atoms with E-state index in [9.17, 15) is 14.4 Å². The zero-order valence-corrected chi connectivity index (χ0v) is 30.3. The molecule has 0 saturated heterocycles. The number of nitrogens with one attached hydrogen (secondary N) is 1. The van der Waals surface area contributed by atoms with E-state index < -0.39 is 17.6 Å². The summed E-state index contributed by atoms with van der Waals surface area (Å²) >= 11 is 0. The summed E-state index contributed by atoms with van der Waals surface area (Å²) in [6, 6.07) is -0.723. The molecule has 0 spiro atoms. The Labute approximate surface area is 288 Å². The predicted molar refractivity (Wildman–Crippen MR) is 193 cm³/mol. The van der Waals surface area contributed by atoms with Gasteiger partial charge in [0.2, 0.25) is 5.95 Å². The Balaban J connectivity index is 1.57. The Morgan fingerprint density at radius 1 is 0.812 bits per heavy atom. The molecule has 274 valence electrons. The molecule has 0 aromatic carbocycles. The van der Waals surface area contributed by atoms with Gasteiger partial charge in [-0.25, -0.2) is 4.98 Å². The van der Waals surface area contributed by atoms with E-state index in [1.807, 2.05) is 13.8 Å². The van der Waals surface area contributed by atoms with Gasteiger partial charge in [0, 0.05) is 18.9 Å². The Kier molecular flexibility index (Phi) is 21.5. The number of hydrogen-bond donors (Lipinski definition) is 3. The van der Waals surface area contributed by atoms with Crippen molar-refractivity contribution in [2.45, 2.75) is 168 Å². The summed E-state index contributed by atoms with van der Waals surface area (Å²) in [6.45, 7) is 6.59. The summed E-state index contributed by atoms with van der Waals surface area (Å²) in [6.07, 6.45) is 27.3. The largest absolute Gasteiger partial charge is 0.465 e. The Bertz CT molecular complexity index is 1210. The highest BCUT2D eigenvalue weighted by Gasteiger charge is 2.22. The number of imidazole rings is 1. The first kappa shape index (κ1) is 41.2. The molecule has 0 fully saturated rings. The van der Waals surface area contributed by atoms with Crippen LogP contribution in [0.25, 0.3) is 11.2 Å². The zero-order chi connectivity index (χ0) is 35.0. The van der Waals surface area contributed by atoms with Crippen LogP contribution >= 0.6 is 0 Å². The number of aryl methyl sites for hydroxylation is 1. The highest BCUT2D eigenvalue weighted by molar-refractivity contribution is 5.75. The topological polar surface area (TPSA) is 168 Å². The number of anilines is 1. The SMILES string of the molecule is CCCCCCCCCCCCCCCCCCCCCC(=O)OCC(CCn1cnc2c(=O)[nH]c(N)nc21)COC(=O)[C@@H](N)C(C)C. The average Bonchev–Trinajstić information content (AvgIpc) is 3.47. The minimum absolute atomic E-state index is 0.00569. The predicted octanol–water partition coefficient (Wildman–Crippen LogP) is 7.60. The highest BCUT2D eigenvalue weighted by atomic mass is 16.5. The lowest BCUT2D eigenvalue weighted by Gasteiger charge is -2.20. The minimum atomic E-state index is -0.723. The highest BCUT2D eigenvalue weighted by Crippen LogP contribution is 2.16. The second-order valence-corrected chi connectivity index (χ2v) is 13.9. The lowest BCUT2D eigenvalue weighted by molar-refractivity contribution is -0.150. The van der Waals surface area contributed by atoms with Crippen molar-refractivity contribution in [1.29, 1.82) is 0 Å². The van der Waals surface area contributed by atoms with E-state index in [4.69, 9.17) is 20.9 Å². The van der Waals surface area contributed by atoms with E-state index in [0.717, 1.165) is 19.3 Å². The quantitative estimate of drug-likeness (QED) is 0.0581. The number of fused-ring (bicyclic) bond motifs is 1. The Morgan fingerprint density at radius 3 is 1.83 bits per heavy atom. The monoisotopic (exact) mass is 675 g/mol. The van der Waals surface area contributed by atoms with Crippen LogP contribution in [-0.2, 0) is 25.6 Å². The normalized spacial score (nSPS) is 12.9. The number of ether oxygens (including phenoxy) is 2. The average molecular weight is 675 g/mol. The van der Waals surface area contributed by atoms with E-state index in [0.29, 0.717) is 25.0 Å². The van der Waals surface area contributed by atoms with Gasteiger partial charge in [0.15, 0.2) is 11.2 Å². The standard InChI is InChI=1S/C37H66N6O5/c1-4-5-6-7-8-9-10-11-12-13-14-15-16-17-18-19-20-21-22-23-31(44)47-26-30(27-48-36(46)32(38)29(2)3)24-25-43-28-40-33-34(43)41-37(39)42-35(33)45/h28-30,32H,4-27,38H2,1-3H3,(H3,39,41,42,45)/t30?,32-/m0/s1. The van der Waals surface area contributed by atoms with Crippen molar-refractivity contribution in [3.8, 4) is 0 Å². The maximum Gasteiger partial charge on any atom is 0.323 e. The van der Waals surface area contributed by atoms with Gasteiger partial charge in [-0.15, -0.1) is 0 Å². The molecule has 11 heteroatoms. The maximum absolute atomic E-state index is 12.5. The first-order valence-electron chi connectivity index (χ1n) is 19.0. The van der Waals surface area contributed by atoms with Crippen molar-refractivity contribution in [1.82, 2.24) is 19.5 Å². The van der Waals surface area contributed by atoms with Gasteiger partial charge in [0.1, 0.15) is 6.04 Å². The fourth-order valence-electron chi connectivity index (χ4n) is 5.87. The molecule has 1 unspecified atom stereocenters. The molecule has 48 heavy (non-hydrogen) atoms. The van der Waals surface area contributed by atoms with E-state index >= 15 is 0 Å². The molecular weight excluding hydrogens is 608 g/mol. The Morgan fingerprint density at radius 2 is 1.31 bits per heavy atom. The third-order valence-corrected chi connectivity index (χ3v) is 9.19. The molecule has 0 bridgehead atoms. The van der Waals surface area contributed by atoms with Crippen LogP contribution in [0.4, 0.5) is 5.95 Å². The van der Waals surface area contributed by atoms with E-state index in [-0.39, 0.29) is 42.5 Å². The molecule has 2 aromatic heterocycles. The summed E-state index contributed by atoms with van der Waals surface area (Å²) in [4.78, 5) is 47.8. The maximum atomic E-state index is 12.5. The lowest BCUT2D eigenvalue weighted by atomic mass is 10.0. The summed E-state index contributed by atoms with van der Waals surface area (Å²) in [5, 5.41) is 0. The van der Waals surface area contributed by atoms with Gasteiger partial charge in [-0.1, -0.05) is 136 Å². The second kappa shape index (κ2) is 25.1. The van der Waals surface area contributed by atoms with Crippen LogP contribution in [0.1, 0.15) is 156 Å². The first-order chi connectivity index (χ1) is 23.2. The first-order valence-corrected chi connectivity index (χ1v) is 19.0. The van der Waals surface area contributed by atoms with Crippen LogP contribution in [-0.4, -0.2) is 50.7 Å². The molecule has 0 saturated carbocycles. The van der Waals surface area contributed by atoms with Crippen molar-refractivity contribution in [3.05, 3.63) is 16.7 Å². The van der Waals surface area contributed by atoms with Gasteiger partial charge >= 0.3 is 11.9 Å². The van der Waals surface area contributed by atoms with Gasteiger partial charge in [-0.2, -0.15) is 4.98 Å². The third kappa shape index (κ3) is 17.4. The van der Waals surface area contributed by atoms with Gasteiger partial charge < -0.3 is 25.5 Å².